The highest BCUT2D eigenvalue weighted by Crippen LogP contribution is 2.31. The zero-order valence-electron chi connectivity index (χ0n) is 19.8. The summed E-state index contributed by atoms with van der Waals surface area (Å²) < 4.78 is 5.68. The van der Waals surface area contributed by atoms with E-state index in [0.29, 0.717) is 13.0 Å². The predicted molar refractivity (Wildman–Crippen MR) is 141 cm³/mol. The maximum absolute atomic E-state index is 12.0. The van der Waals surface area contributed by atoms with Crippen LogP contribution in [0.1, 0.15) is 57.6 Å². The van der Waals surface area contributed by atoms with Crippen LogP contribution in [0.15, 0.2) is 29.3 Å². The van der Waals surface area contributed by atoms with Gasteiger partial charge >= 0.3 is 0 Å². The number of hydrogen-bond acceptors (Lipinski definition) is 4. The molecule has 2 atom stereocenters. The van der Waals surface area contributed by atoms with Gasteiger partial charge < -0.3 is 20.3 Å². The lowest BCUT2D eigenvalue weighted by Crippen LogP contribution is -2.45. The van der Waals surface area contributed by atoms with Gasteiger partial charge in [0.1, 0.15) is 5.75 Å². The van der Waals surface area contributed by atoms with Crippen LogP contribution in [-0.2, 0) is 4.79 Å². The number of nitrogens with one attached hydrogen (secondary N) is 2. The van der Waals surface area contributed by atoms with E-state index in [0.717, 1.165) is 50.9 Å². The van der Waals surface area contributed by atoms with Crippen molar-refractivity contribution in [3.63, 3.8) is 0 Å². The van der Waals surface area contributed by atoms with Gasteiger partial charge in [-0.3, -0.25) is 14.7 Å². The highest BCUT2D eigenvalue weighted by molar-refractivity contribution is 14.0. The van der Waals surface area contributed by atoms with Crippen LogP contribution in [0, 0.1) is 0 Å². The largest absolute Gasteiger partial charge is 0.496 e. The van der Waals surface area contributed by atoms with E-state index in [-0.39, 0.29) is 42.0 Å². The molecule has 32 heavy (non-hydrogen) atoms. The summed E-state index contributed by atoms with van der Waals surface area (Å²) in [5.74, 6) is 1.98. The maximum atomic E-state index is 12.0. The number of para-hydroxylation sites is 1. The van der Waals surface area contributed by atoms with Crippen molar-refractivity contribution >= 4 is 35.8 Å². The van der Waals surface area contributed by atoms with Gasteiger partial charge in [-0.05, 0) is 45.3 Å². The summed E-state index contributed by atoms with van der Waals surface area (Å²) in [4.78, 5) is 21.5. The van der Waals surface area contributed by atoms with E-state index in [9.17, 15) is 4.79 Å². The van der Waals surface area contributed by atoms with E-state index in [1.165, 1.54) is 24.8 Å². The maximum Gasteiger partial charge on any atom is 0.222 e. The molecule has 2 saturated heterocycles. The van der Waals surface area contributed by atoms with Gasteiger partial charge in [-0.25, -0.2) is 0 Å². The summed E-state index contributed by atoms with van der Waals surface area (Å²) in [6, 6.07) is 8.74. The van der Waals surface area contributed by atoms with Gasteiger partial charge in [0.25, 0.3) is 0 Å². The van der Waals surface area contributed by atoms with Crippen molar-refractivity contribution < 1.29 is 9.53 Å². The summed E-state index contributed by atoms with van der Waals surface area (Å²) >= 11 is 0. The smallest absolute Gasteiger partial charge is 0.222 e. The van der Waals surface area contributed by atoms with Crippen molar-refractivity contribution in [1.29, 1.82) is 0 Å². The molecule has 0 radical (unpaired) electrons. The van der Waals surface area contributed by atoms with E-state index in [4.69, 9.17) is 9.73 Å². The van der Waals surface area contributed by atoms with Crippen molar-refractivity contribution in [3.8, 4) is 5.75 Å². The Hall–Kier alpha value is -1.55. The van der Waals surface area contributed by atoms with Crippen molar-refractivity contribution in [3.05, 3.63) is 29.8 Å². The van der Waals surface area contributed by atoms with Gasteiger partial charge in [0.2, 0.25) is 5.91 Å². The minimum absolute atomic E-state index is 0. The number of methoxy groups -OCH3 is 1. The van der Waals surface area contributed by atoms with E-state index < -0.39 is 0 Å². The lowest BCUT2D eigenvalue weighted by atomic mass is 10.0. The fourth-order valence-corrected chi connectivity index (χ4v) is 4.60. The average Bonchev–Trinajstić information content (AvgIpc) is 3.28. The lowest BCUT2D eigenvalue weighted by molar-refractivity contribution is -0.129. The molecule has 0 spiro atoms. The second-order valence-electron chi connectivity index (χ2n) is 8.40. The van der Waals surface area contributed by atoms with Crippen molar-refractivity contribution in [2.24, 2.45) is 4.99 Å². The number of likely N-dealkylation sites (tertiary alicyclic amines) is 2. The fraction of sp³-hybridized carbons (Fsp3) is 0.667. The topological polar surface area (TPSA) is 69.2 Å². The number of nitrogens with zero attached hydrogens (tertiary/aromatic N) is 3. The number of benzene rings is 1. The molecule has 2 heterocycles. The Morgan fingerprint density at radius 1 is 1.19 bits per heavy atom. The number of amides is 1. The molecule has 7 nitrogen and oxygen atoms in total. The molecule has 0 bridgehead atoms. The Morgan fingerprint density at radius 3 is 2.62 bits per heavy atom. The third kappa shape index (κ3) is 7.23. The Kier molecular flexibility index (Phi) is 11.6. The van der Waals surface area contributed by atoms with Gasteiger partial charge in [-0.15, -0.1) is 24.0 Å². The minimum atomic E-state index is 0. The van der Waals surface area contributed by atoms with Gasteiger partial charge in [0.15, 0.2) is 5.96 Å². The van der Waals surface area contributed by atoms with Crippen LogP contribution >= 0.6 is 24.0 Å². The number of piperidine rings is 1. The first-order valence-corrected chi connectivity index (χ1v) is 11.9. The predicted octanol–water partition coefficient (Wildman–Crippen LogP) is 3.41. The molecule has 8 heteroatoms. The van der Waals surface area contributed by atoms with Gasteiger partial charge in [0.05, 0.1) is 19.7 Å². The number of halogens is 1. The first-order valence-electron chi connectivity index (χ1n) is 11.9. The zero-order valence-corrected chi connectivity index (χ0v) is 22.1. The van der Waals surface area contributed by atoms with Crippen LogP contribution in [0.3, 0.4) is 0 Å². The SMILES string of the molecule is CCNC(=NCC(c1ccccc1OC)N1CCCCC1)NC1CCN(C(=O)CC)C1.I. The van der Waals surface area contributed by atoms with Gasteiger partial charge in [0, 0.05) is 37.7 Å². The highest BCUT2D eigenvalue weighted by atomic mass is 127. The highest BCUT2D eigenvalue weighted by Gasteiger charge is 2.27. The van der Waals surface area contributed by atoms with Crippen molar-refractivity contribution in [1.82, 2.24) is 20.4 Å². The molecule has 2 unspecified atom stereocenters. The summed E-state index contributed by atoms with van der Waals surface area (Å²) in [5.41, 5.74) is 1.20. The van der Waals surface area contributed by atoms with Crippen molar-refractivity contribution in [2.45, 2.75) is 58.0 Å². The van der Waals surface area contributed by atoms with Crippen LogP contribution in [0.5, 0.6) is 5.75 Å². The molecule has 1 aromatic rings. The van der Waals surface area contributed by atoms with E-state index in [2.05, 4.69) is 34.6 Å². The zero-order chi connectivity index (χ0) is 22.1. The normalized spacial score (nSPS) is 20.4. The Balaban J connectivity index is 0.00000363. The molecule has 0 saturated carbocycles. The number of carbonyl (C=O) groups excluding carboxylic acids is 1. The molecule has 0 aromatic heterocycles. The molecule has 2 fully saturated rings. The number of hydrogen-bond donors (Lipinski definition) is 2. The van der Waals surface area contributed by atoms with E-state index in [1.807, 2.05) is 24.0 Å². The molecule has 0 aliphatic carbocycles. The molecule has 2 N–H and O–H groups in total. The lowest BCUT2D eigenvalue weighted by Gasteiger charge is -2.34. The number of guanidine groups is 1. The van der Waals surface area contributed by atoms with E-state index in [1.54, 1.807) is 7.11 Å². The van der Waals surface area contributed by atoms with Gasteiger partial charge in [-0.2, -0.15) is 0 Å². The summed E-state index contributed by atoms with van der Waals surface area (Å²) in [5, 5.41) is 6.95. The van der Waals surface area contributed by atoms with Gasteiger partial charge in [-0.1, -0.05) is 31.5 Å². The summed E-state index contributed by atoms with van der Waals surface area (Å²) in [6.07, 6.45) is 5.29. The number of rotatable bonds is 8. The number of aliphatic imine (C=N–C) groups is 1. The molecular weight excluding hydrogens is 517 g/mol. The Bertz CT molecular complexity index is 739. The molecule has 1 aromatic carbocycles. The second kappa shape index (κ2) is 13.9. The Morgan fingerprint density at radius 2 is 1.94 bits per heavy atom. The first-order chi connectivity index (χ1) is 15.2. The van der Waals surface area contributed by atoms with Crippen LogP contribution in [-0.4, -0.2) is 74.1 Å². The third-order valence-electron chi connectivity index (χ3n) is 6.28. The molecule has 1 amide bonds. The standard InChI is InChI=1S/C24H39N5O2.HI/c1-4-23(30)29-16-13-19(18-29)27-24(25-5-2)26-17-21(28-14-9-6-10-15-28)20-11-7-8-12-22(20)31-3;/h7-8,11-12,19,21H,4-6,9-10,13-18H2,1-3H3,(H2,25,26,27);1H. The van der Waals surface area contributed by atoms with E-state index >= 15 is 0 Å². The molecule has 3 rings (SSSR count). The number of carbonyl (C=O) groups is 1. The van der Waals surface area contributed by atoms with Crippen LogP contribution in [0.4, 0.5) is 0 Å². The quantitative estimate of drug-likeness (QED) is 0.292. The van der Waals surface area contributed by atoms with Crippen LogP contribution in [0.2, 0.25) is 0 Å². The van der Waals surface area contributed by atoms with Crippen LogP contribution < -0.4 is 15.4 Å². The first kappa shape index (κ1) is 26.7. The van der Waals surface area contributed by atoms with Crippen LogP contribution in [0.25, 0.3) is 0 Å². The molecular formula is C24H40IN5O2. The second-order valence-corrected chi connectivity index (χ2v) is 8.40. The third-order valence-corrected chi connectivity index (χ3v) is 6.28. The molecule has 180 valence electrons. The number of ether oxygens (including phenoxy) is 1. The molecule has 2 aliphatic heterocycles. The monoisotopic (exact) mass is 557 g/mol. The summed E-state index contributed by atoms with van der Waals surface area (Å²) in [7, 11) is 1.74. The summed E-state index contributed by atoms with van der Waals surface area (Å²) in [6.45, 7) is 9.24. The molecule has 2 aliphatic rings. The van der Waals surface area contributed by atoms with Crippen molar-refractivity contribution in [2.75, 3.05) is 46.4 Å². The fourth-order valence-electron chi connectivity index (χ4n) is 4.60. The average molecular weight is 558 g/mol. The minimum Gasteiger partial charge on any atom is -0.496 e. The Labute approximate surface area is 210 Å².